The topological polar surface area (TPSA) is 211 Å². The number of Topliss-reactive ketones (excluding diaryl/α,β-unsaturated/α-hetero) is 1. The van der Waals surface area contributed by atoms with Crippen LogP contribution in [0.3, 0.4) is 0 Å². The highest BCUT2D eigenvalue weighted by atomic mass is 19.1. The van der Waals surface area contributed by atoms with E-state index >= 15 is 0 Å². The van der Waals surface area contributed by atoms with Gasteiger partial charge >= 0.3 is 23.9 Å². The molecule has 2 aromatic carbocycles. The fourth-order valence-electron chi connectivity index (χ4n) is 3.31. The van der Waals surface area contributed by atoms with Crippen molar-refractivity contribution in [1.82, 2.24) is 0 Å². The Morgan fingerprint density at radius 3 is 1.95 bits per heavy atom. The van der Waals surface area contributed by atoms with E-state index in [4.69, 9.17) is 25.4 Å². The average molecular weight is 624 g/mol. The standard InChI is InChI=1S/C16H23NO5.C12H15FO3.C3H4O3/c1-16(2,3)22-15(21)12(14(19)20)13(18)11(17)9-10-7-5-4-6-8-10;1-2-3-4-7-16-9-5-6-10(12(14)15)11(13)8-9;1-2(4)3(5)6/h4-8,11-13,18H,9,17H2,1-3H3,(H,19,20);5-6,8H,2-4,7H2,1H3,(H,14,15);1H3,(H,5,6)/t11-,12?,13+;;/m0../s1. The molecule has 2 aromatic rings. The van der Waals surface area contributed by atoms with Gasteiger partial charge in [0, 0.05) is 19.0 Å². The minimum Gasteiger partial charge on any atom is -0.493 e. The van der Waals surface area contributed by atoms with Crippen LogP contribution in [-0.2, 0) is 30.3 Å². The number of nitrogens with two attached hydrogens (primary N) is 1. The first kappa shape index (κ1) is 39.6. The van der Waals surface area contributed by atoms with Gasteiger partial charge in [-0.15, -0.1) is 0 Å². The van der Waals surface area contributed by atoms with Crippen LogP contribution in [0.5, 0.6) is 5.75 Å². The molecule has 244 valence electrons. The predicted octanol–water partition coefficient (Wildman–Crippen LogP) is 3.71. The van der Waals surface area contributed by atoms with Gasteiger partial charge in [0.25, 0.3) is 0 Å². The lowest BCUT2D eigenvalue weighted by Crippen LogP contribution is -2.49. The summed E-state index contributed by atoms with van der Waals surface area (Å²) in [5, 5.41) is 35.6. The highest BCUT2D eigenvalue weighted by molar-refractivity contribution is 6.31. The van der Waals surface area contributed by atoms with E-state index in [1.807, 2.05) is 30.3 Å². The molecule has 0 radical (unpaired) electrons. The van der Waals surface area contributed by atoms with Crippen molar-refractivity contribution in [3.05, 3.63) is 65.5 Å². The number of carboxylic acid groups (broad SMARTS) is 3. The summed E-state index contributed by atoms with van der Waals surface area (Å²) in [4.78, 5) is 52.7. The molecule has 0 aliphatic rings. The monoisotopic (exact) mass is 623 g/mol. The van der Waals surface area contributed by atoms with Crippen LogP contribution in [0.15, 0.2) is 48.5 Å². The van der Waals surface area contributed by atoms with Crippen molar-refractivity contribution < 1.29 is 58.3 Å². The van der Waals surface area contributed by atoms with Crippen molar-refractivity contribution in [2.45, 2.75) is 78.0 Å². The number of aromatic carboxylic acids is 1. The molecule has 1 unspecified atom stereocenters. The molecule has 0 amide bonds. The lowest BCUT2D eigenvalue weighted by Gasteiger charge is -2.27. The summed E-state index contributed by atoms with van der Waals surface area (Å²) in [7, 11) is 0. The van der Waals surface area contributed by atoms with Crippen LogP contribution in [0.25, 0.3) is 0 Å². The van der Waals surface area contributed by atoms with Gasteiger partial charge in [0.2, 0.25) is 5.78 Å². The number of benzene rings is 2. The van der Waals surface area contributed by atoms with E-state index in [1.165, 1.54) is 12.1 Å². The number of carboxylic acids is 3. The fourth-order valence-corrected chi connectivity index (χ4v) is 3.31. The van der Waals surface area contributed by atoms with Crippen LogP contribution in [-0.4, -0.2) is 74.4 Å². The summed E-state index contributed by atoms with van der Waals surface area (Å²) >= 11 is 0. The molecule has 0 fully saturated rings. The van der Waals surface area contributed by atoms with E-state index in [-0.39, 0.29) is 12.0 Å². The molecular weight excluding hydrogens is 581 g/mol. The van der Waals surface area contributed by atoms with E-state index in [2.05, 4.69) is 6.92 Å². The SMILES string of the molecule is CC(=O)C(=O)O.CC(C)(C)OC(=O)C(C(=O)O)[C@H](O)[C@@H](N)Cc1ccccc1.CCCCCOc1ccc(C(=O)O)c(F)c1. The summed E-state index contributed by atoms with van der Waals surface area (Å²) in [5.74, 6) is -8.02. The Labute approximate surface area is 255 Å². The van der Waals surface area contributed by atoms with Crippen molar-refractivity contribution in [3.8, 4) is 5.75 Å². The Morgan fingerprint density at radius 2 is 1.52 bits per heavy atom. The normalized spacial score (nSPS) is 12.5. The summed E-state index contributed by atoms with van der Waals surface area (Å²) in [6.07, 6.45) is 1.80. The molecule has 0 saturated carbocycles. The first-order chi connectivity index (χ1) is 20.4. The number of ketones is 1. The quantitative estimate of drug-likeness (QED) is 0.0935. The minimum absolute atomic E-state index is 0.259. The summed E-state index contributed by atoms with van der Waals surface area (Å²) in [5.41, 5.74) is 5.55. The molecule has 0 bridgehead atoms. The van der Waals surface area contributed by atoms with Crippen molar-refractivity contribution >= 4 is 29.7 Å². The number of aliphatic carboxylic acids is 2. The number of halogens is 1. The molecule has 44 heavy (non-hydrogen) atoms. The van der Waals surface area contributed by atoms with E-state index in [0.717, 1.165) is 37.8 Å². The second-order valence-electron chi connectivity index (χ2n) is 10.6. The number of hydrogen-bond acceptors (Lipinski definition) is 9. The van der Waals surface area contributed by atoms with Crippen LogP contribution in [0, 0.1) is 11.7 Å². The van der Waals surface area contributed by atoms with Gasteiger partial charge in [-0.1, -0.05) is 50.1 Å². The molecule has 0 aromatic heterocycles. The molecule has 0 aliphatic heterocycles. The first-order valence-electron chi connectivity index (χ1n) is 13.7. The van der Waals surface area contributed by atoms with Crippen LogP contribution in [0.1, 0.15) is 69.8 Å². The maximum Gasteiger partial charge on any atom is 0.371 e. The molecule has 0 aliphatic carbocycles. The summed E-state index contributed by atoms with van der Waals surface area (Å²) in [6, 6.07) is 12.0. The minimum atomic E-state index is -1.71. The number of carbonyl (C=O) groups is 5. The molecule has 0 heterocycles. The highest BCUT2D eigenvalue weighted by Crippen LogP contribution is 2.18. The van der Waals surface area contributed by atoms with Crippen LogP contribution < -0.4 is 10.5 Å². The zero-order valence-electron chi connectivity index (χ0n) is 25.5. The van der Waals surface area contributed by atoms with Crippen molar-refractivity contribution in [1.29, 1.82) is 0 Å². The van der Waals surface area contributed by atoms with Crippen LogP contribution >= 0.6 is 0 Å². The van der Waals surface area contributed by atoms with Gasteiger partial charge in [-0.3, -0.25) is 14.4 Å². The Bertz CT molecular complexity index is 1220. The van der Waals surface area contributed by atoms with E-state index in [0.29, 0.717) is 12.4 Å². The molecule has 6 N–H and O–H groups in total. The lowest BCUT2D eigenvalue weighted by atomic mass is 9.92. The van der Waals surface area contributed by atoms with E-state index in [1.54, 1.807) is 20.8 Å². The van der Waals surface area contributed by atoms with Crippen molar-refractivity contribution in [2.24, 2.45) is 11.7 Å². The van der Waals surface area contributed by atoms with Gasteiger partial charge in [-0.05, 0) is 51.3 Å². The number of carbonyl (C=O) groups excluding carboxylic acids is 2. The average Bonchev–Trinajstić information content (AvgIpc) is 2.91. The third-order valence-electron chi connectivity index (χ3n) is 5.51. The second-order valence-corrected chi connectivity index (χ2v) is 10.6. The van der Waals surface area contributed by atoms with Gasteiger partial charge in [0.15, 0.2) is 5.92 Å². The number of esters is 1. The molecule has 12 nitrogen and oxygen atoms in total. The zero-order chi connectivity index (χ0) is 34.0. The second kappa shape index (κ2) is 19.8. The smallest absolute Gasteiger partial charge is 0.371 e. The van der Waals surface area contributed by atoms with Gasteiger partial charge in [0.1, 0.15) is 17.2 Å². The summed E-state index contributed by atoms with van der Waals surface area (Å²) in [6.45, 7) is 8.49. The number of rotatable bonds is 13. The predicted molar refractivity (Wildman–Crippen MR) is 158 cm³/mol. The molecule has 2 rings (SSSR count). The first-order valence-corrected chi connectivity index (χ1v) is 13.7. The molecule has 3 atom stereocenters. The maximum absolute atomic E-state index is 13.2. The van der Waals surface area contributed by atoms with E-state index in [9.17, 15) is 38.6 Å². The third kappa shape index (κ3) is 16.3. The number of hydrogen-bond donors (Lipinski definition) is 5. The highest BCUT2D eigenvalue weighted by Gasteiger charge is 2.40. The number of aliphatic hydroxyl groups excluding tert-OH is 1. The molecule has 0 saturated heterocycles. The van der Waals surface area contributed by atoms with Gasteiger partial charge in [-0.2, -0.15) is 0 Å². The Hall–Kier alpha value is -4.36. The molecule has 0 spiro atoms. The van der Waals surface area contributed by atoms with E-state index < -0.39 is 59.1 Å². The Morgan fingerprint density at radius 1 is 0.955 bits per heavy atom. The summed E-state index contributed by atoms with van der Waals surface area (Å²) < 4.78 is 23.6. The largest absolute Gasteiger partial charge is 0.493 e. The van der Waals surface area contributed by atoms with Gasteiger partial charge in [0.05, 0.1) is 18.3 Å². The number of unbranched alkanes of at least 4 members (excludes halogenated alkanes) is 2. The van der Waals surface area contributed by atoms with Gasteiger partial charge in [-0.25, -0.2) is 14.0 Å². The lowest BCUT2D eigenvalue weighted by molar-refractivity contribution is -0.172. The Balaban J connectivity index is 0.000000732. The maximum atomic E-state index is 13.2. The van der Waals surface area contributed by atoms with Crippen LogP contribution in [0.2, 0.25) is 0 Å². The van der Waals surface area contributed by atoms with Crippen molar-refractivity contribution in [2.75, 3.05) is 6.61 Å². The molecule has 13 heteroatoms. The van der Waals surface area contributed by atoms with Crippen LogP contribution in [0.4, 0.5) is 4.39 Å². The van der Waals surface area contributed by atoms with Crippen molar-refractivity contribution in [3.63, 3.8) is 0 Å². The van der Waals surface area contributed by atoms with Gasteiger partial charge < -0.3 is 35.6 Å². The zero-order valence-corrected chi connectivity index (χ0v) is 25.5. The Kier molecular flexibility index (Phi) is 17.8. The fraction of sp³-hybridized carbons (Fsp3) is 0.452. The number of ether oxygens (including phenoxy) is 2. The third-order valence-corrected chi connectivity index (χ3v) is 5.51. The number of aliphatic hydroxyl groups is 1. The molecular formula is C31H42FNO11.